The fourth-order valence-corrected chi connectivity index (χ4v) is 1.75. The molecule has 0 saturated heterocycles. The number of hydrogen-bond donors (Lipinski definition) is 0. The summed E-state index contributed by atoms with van der Waals surface area (Å²) in [6.07, 6.45) is 5.08. The van der Waals surface area contributed by atoms with Crippen LogP contribution in [0.15, 0.2) is 36.7 Å². The molecule has 0 aromatic carbocycles. The number of nitrogens with zero attached hydrogens (tertiary/aromatic N) is 1. The molecule has 1 aromatic rings. The van der Waals surface area contributed by atoms with Crippen molar-refractivity contribution in [1.29, 1.82) is 0 Å². The molecule has 1 unspecified atom stereocenters. The Morgan fingerprint density at radius 3 is 2.92 bits per heavy atom. The van der Waals surface area contributed by atoms with Crippen molar-refractivity contribution in [2.75, 3.05) is 0 Å². The van der Waals surface area contributed by atoms with E-state index in [9.17, 15) is 4.79 Å². The molecule has 1 atom stereocenters. The van der Waals surface area contributed by atoms with Crippen LogP contribution in [0.3, 0.4) is 0 Å². The molecule has 1 aromatic heterocycles. The molecule has 0 aliphatic heterocycles. The van der Waals surface area contributed by atoms with Crippen LogP contribution in [-0.2, 0) is 4.79 Å². The minimum absolute atomic E-state index is 0.203. The third kappa shape index (κ3) is 1.39. The molecule has 13 heavy (non-hydrogen) atoms. The summed E-state index contributed by atoms with van der Waals surface area (Å²) in [5, 5.41) is 0. The summed E-state index contributed by atoms with van der Waals surface area (Å²) in [5.41, 5.74) is 1.85. The van der Waals surface area contributed by atoms with E-state index in [1.165, 1.54) is 0 Å². The monoisotopic (exact) mass is 173 g/mol. The lowest BCUT2D eigenvalue weighted by atomic mass is 9.96. The van der Waals surface area contributed by atoms with Gasteiger partial charge in [-0.15, -0.1) is 0 Å². The fraction of sp³-hybridized carbons (Fsp3) is 0.273. The first-order valence-electron chi connectivity index (χ1n) is 4.41. The number of rotatable bonds is 1. The Morgan fingerprint density at radius 1 is 1.54 bits per heavy atom. The van der Waals surface area contributed by atoms with Crippen molar-refractivity contribution in [1.82, 2.24) is 4.98 Å². The van der Waals surface area contributed by atoms with Gasteiger partial charge in [0.25, 0.3) is 0 Å². The molecular formula is C11H11NO. The van der Waals surface area contributed by atoms with Crippen LogP contribution in [0.4, 0.5) is 0 Å². The van der Waals surface area contributed by atoms with E-state index >= 15 is 0 Å². The molecule has 2 nitrogen and oxygen atoms in total. The Hall–Kier alpha value is -1.44. The van der Waals surface area contributed by atoms with Gasteiger partial charge in [-0.3, -0.25) is 9.78 Å². The Labute approximate surface area is 77.3 Å². The highest BCUT2D eigenvalue weighted by atomic mass is 16.1. The molecule has 0 spiro atoms. The quantitative estimate of drug-likeness (QED) is 0.608. The molecule has 2 heteroatoms. The van der Waals surface area contributed by atoms with E-state index in [2.05, 4.69) is 11.6 Å². The van der Waals surface area contributed by atoms with E-state index in [-0.39, 0.29) is 11.7 Å². The Balaban J connectivity index is 2.29. The van der Waals surface area contributed by atoms with Crippen LogP contribution in [0.5, 0.6) is 0 Å². The zero-order valence-corrected chi connectivity index (χ0v) is 7.36. The molecule has 0 N–H and O–H groups in total. The summed E-state index contributed by atoms with van der Waals surface area (Å²) < 4.78 is 0. The molecule has 1 fully saturated rings. The summed E-state index contributed by atoms with van der Waals surface area (Å²) in [5.74, 6) is 0.412. The predicted molar refractivity (Wildman–Crippen MR) is 50.4 cm³/mol. The minimum Gasteiger partial charge on any atom is -0.295 e. The normalized spacial score (nSPS) is 22.3. The molecule has 2 rings (SSSR count). The van der Waals surface area contributed by atoms with Gasteiger partial charge in [-0.25, -0.2) is 0 Å². The number of pyridine rings is 1. The zero-order valence-electron chi connectivity index (χ0n) is 7.36. The summed E-state index contributed by atoms with van der Waals surface area (Å²) in [7, 11) is 0. The number of ketones is 1. The van der Waals surface area contributed by atoms with Crippen molar-refractivity contribution in [3.8, 4) is 0 Å². The van der Waals surface area contributed by atoms with Crippen molar-refractivity contribution >= 4 is 5.78 Å². The average molecular weight is 173 g/mol. The number of aromatic nitrogens is 1. The van der Waals surface area contributed by atoms with Gasteiger partial charge < -0.3 is 0 Å². The maximum absolute atomic E-state index is 11.2. The maximum atomic E-state index is 11.2. The first kappa shape index (κ1) is 8.17. The van der Waals surface area contributed by atoms with Gasteiger partial charge in [-0.2, -0.15) is 0 Å². The summed E-state index contributed by atoms with van der Waals surface area (Å²) in [6.45, 7) is 3.82. The topological polar surface area (TPSA) is 30.0 Å². The molecule has 1 saturated carbocycles. The Kier molecular flexibility index (Phi) is 1.97. The number of Topliss-reactive ketones (excluding diaryl/α,β-unsaturated/α-hetero) is 1. The van der Waals surface area contributed by atoms with Crippen molar-refractivity contribution in [3.63, 3.8) is 0 Å². The summed E-state index contributed by atoms with van der Waals surface area (Å²) in [6, 6.07) is 3.90. The van der Waals surface area contributed by atoms with Gasteiger partial charge in [0.2, 0.25) is 0 Å². The second kappa shape index (κ2) is 3.13. The standard InChI is InChI=1S/C11H11NO/c1-8-10(4-5-11(8)13)9-3-2-6-12-7-9/h2-3,6-7,10H,1,4-5H2. The van der Waals surface area contributed by atoms with Gasteiger partial charge in [0, 0.05) is 24.7 Å². The second-order valence-electron chi connectivity index (χ2n) is 3.33. The maximum Gasteiger partial charge on any atom is 0.158 e. The van der Waals surface area contributed by atoms with Crippen LogP contribution in [0, 0.1) is 0 Å². The lowest BCUT2D eigenvalue weighted by molar-refractivity contribution is -0.114. The number of carbonyl (C=O) groups is 1. The fourth-order valence-electron chi connectivity index (χ4n) is 1.75. The highest BCUT2D eigenvalue weighted by Gasteiger charge is 2.27. The van der Waals surface area contributed by atoms with Crippen LogP contribution in [0.1, 0.15) is 24.3 Å². The lowest BCUT2D eigenvalue weighted by Crippen LogP contribution is -1.98. The van der Waals surface area contributed by atoms with Gasteiger partial charge >= 0.3 is 0 Å². The highest BCUT2D eigenvalue weighted by molar-refractivity contribution is 5.98. The van der Waals surface area contributed by atoms with Crippen molar-refractivity contribution in [2.45, 2.75) is 18.8 Å². The van der Waals surface area contributed by atoms with E-state index in [1.54, 1.807) is 6.20 Å². The largest absolute Gasteiger partial charge is 0.295 e. The van der Waals surface area contributed by atoms with Crippen molar-refractivity contribution in [3.05, 3.63) is 42.2 Å². The summed E-state index contributed by atoms with van der Waals surface area (Å²) in [4.78, 5) is 15.3. The van der Waals surface area contributed by atoms with E-state index < -0.39 is 0 Å². The lowest BCUT2D eigenvalue weighted by Gasteiger charge is -2.08. The van der Waals surface area contributed by atoms with Crippen molar-refractivity contribution < 1.29 is 4.79 Å². The van der Waals surface area contributed by atoms with E-state index in [1.807, 2.05) is 18.3 Å². The Bertz CT molecular complexity index is 342. The van der Waals surface area contributed by atoms with Gasteiger partial charge in [-0.05, 0) is 23.6 Å². The van der Waals surface area contributed by atoms with Gasteiger partial charge in [0.15, 0.2) is 5.78 Å². The SMILES string of the molecule is C=C1C(=O)CCC1c1cccnc1. The molecule has 1 aliphatic rings. The number of hydrogen-bond acceptors (Lipinski definition) is 2. The van der Waals surface area contributed by atoms with Crippen LogP contribution >= 0.6 is 0 Å². The van der Waals surface area contributed by atoms with E-state index in [4.69, 9.17) is 0 Å². The third-order valence-corrected chi connectivity index (χ3v) is 2.53. The van der Waals surface area contributed by atoms with E-state index in [0.717, 1.165) is 17.6 Å². The number of carbonyl (C=O) groups excluding carboxylic acids is 1. The highest BCUT2D eigenvalue weighted by Crippen LogP contribution is 2.34. The molecule has 0 bridgehead atoms. The Morgan fingerprint density at radius 2 is 2.38 bits per heavy atom. The molecule has 0 radical (unpaired) electrons. The van der Waals surface area contributed by atoms with Crippen LogP contribution in [0.2, 0.25) is 0 Å². The van der Waals surface area contributed by atoms with Gasteiger partial charge in [0.1, 0.15) is 0 Å². The minimum atomic E-state index is 0.203. The van der Waals surface area contributed by atoms with Crippen molar-refractivity contribution in [2.24, 2.45) is 0 Å². The summed E-state index contributed by atoms with van der Waals surface area (Å²) >= 11 is 0. The predicted octanol–water partition coefficient (Wildman–Crippen LogP) is 2.08. The van der Waals surface area contributed by atoms with Gasteiger partial charge in [0.05, 0.1) is 0 Å². The van der Waals surface area contributed by atoms with Gasteiger partial charge in [-0.1, -0.05) is 12.6 Å². The average Bonchev–Trinajstić information content (AvgIpc) is 2.49. The molecule has 0 amide bonds. The zero-order chi connectivity index (χ0) is 9.26. The van der Waals surface area contributed by atoms with E-state index in [0.29, 0.717) is 6.42 Å². The smallest absolute Gasteiger partial charge is 0.158 e. The third-order valence-electron chi connectivity index (χ3n) is 2.53. The van der Waals surface area contributed by atoms with Crippen LogP contribution in [-0.4, -0.2) is 10.8 Å². The van der Waals surface area contributed by atoms with Crippen LogP contribution in [0.25, 0.3) is 0 Å². The molecule has 1 heterocycles. The first-order valence-corrected chi connectivity index (χ1v) is 4.41. The molecule has 66 valence electrons. The molecular weight excluding hydrogens is 162 g/mol. The number of allylic oxidation sites excluding steroid dienone is 1. The second-order valence-corrected chi connectivity index (χ2v) is 3.33. The molecule has 1 aliphatic carbocycles. The van der Waals surface area contributed by atoms with Crippen LogP contribution < -0.4 is 0 Å². The first-order chi connectivity index (χ1) is 6.29.